The van der Waals surface area contributed by atoms with Crippen LogP contribution < -0.4 is 20.0 Å². The van der Waals surface area contributed by atoms with Crippen molar-refractivity contribution in [1.82, 2.24) is 25.4 Å². The molecule has 0 saturated carbocycles. The lowest BCUT2D eigenvalue weighted by Gasteiger charge is -2.40. The molecule has 15 heteroatoms. The Bertz CT molecular complexity index is 1260. The van der Waals surface area contributed by atoms with Gasteiger partial charge in [0, 0.05) is 58.8 Å². The van der Waals surface area contributed by atoms with E-state index in [9.17, 15) is 27.6 Å². The van der Waals surface area contributed by atoms with Gasteiger partial charge in [0.2, 0.25) is 5.91 Å². The number of halogens is 3. The molecule has 2 aromatic heterocycles. The Labute approximate surface area is 227 Å². The molecule has 12 nitrogen and oxygen atoms in total. The predicted molar refractivity (Wildman–Crippen MR) is 137 cm³/mol. The highest BCUT2D eigenvalue weighted by Gasteiger charge is 2.38. The number of hydrogen-bond donors (Lipinski definition) is 2. The van der Waals surface area contributed by atoms with Crippen molar-refractivity contribution in [3.63, 3.8) is 0 Å². The van der Waals surface area contributed by atoms with Gasteiger partial charge in [0.15, 0.2) is 11.5 Å². The number of anilines is 3. The topological polar surface area (TPSA) is 135 Å². The zero-order chi connectivity index (χ0) is 28.4. The zero-order valence-electron chi connectivity index (χ0n) is 21.6. The minimum atomic E-state index is -4.66. The van der Waals surface area contributed by atoms with E-state index in [-0.39, 0.29) is 30.2 Å². The van der Waals surface area contributed by atoms with E-state index in [1.54, 1.807) is 11.0 Å². The fourth-order valence-corrected chi connectivity index (χ4v) is 5.33. The third-order valence-corrected chi connectivity index (χ3v) is 7.52. The smallest absolute Gasteiger partial charge is 0.420 e. The van der Waals surface area contributed by atoms with E-state index in [0.29, 0.717) is 37.9 Å². The normalized spacial score (nSPS) is 19.6. The number of urea groups is 1. The second-order valence-corrected chi connectivity index (χ2v) is 10.1. The maximum absolute atomic E-state index is 14.0. The maximum atomic E-state index is 14.0. The first-order valence-electron chi connectivity index (χ1n) is 13.1. The molecule has 0 spiro atoms. The van der Waals surface area contributed by atoms with Crippen LogP contribution in [0.2, 0.25) is 0 Å². The Morgan fingerprint density at radius 3 is 2.33 bits per heavy atom. The Morgan fingerprint density at radius 1 is 1.00 bits per heavy atom. The maximum Gasteiger partial charge on any atom is 0.420 e. The number of aromatic carboxylic acids is 1. The molecule has 5 heterocycles. The summed E-state index contributed by atoms with van der Waals surface area (Å²) in [6.45, 7) is 4.33. The van der Waals surface area contributed by atoms with Gasteiger partial charge in [0.05, 0.1) is 11.9 Å². The van der Waals surface area contributed by atoms with Crippen molar-refractivity contribution < 1.29 is 32.7 Å². The molecule has 2 N–H and O–H groups in total. The van der Waals surface area contributed by atoms with Gasteiger partial charge in [-0.3, -0.25) is 19.9 Å². The number of carboxylic acid groups (broad SMARTS) is 1. The van der Waals surface area contributed by atoms with Crippen molar-refractivity contribution in [2.24, 2.45) is 5.92 Å². The molecule has 0 unspecified atom stereocenters. The van der Waals surface area contributed by atoms with Crippen LogP contribution in [0, 0.1) is 5.92 Å². The van der Waals surface area contributed by atoms with Crippen molar-refractivity contribution >= 4 is 35.2 Å². The SMILES string of the molecule is O=C1CCN(c2cnc(N3CCN(CC4CCN(c5ccc(C(=O)O)nn5)CC4)CC3)c(C(F)(F)F)c2)C(=O)N1. The summed E-state index contributed by atoms with van der Waals surface area (Å²) >= 11 is 0. The molecule has 2 aromatic rings. The fraction of sp³-hybridized carbons (Fsp3) is 0.520. The van der Waals surface area contributed by atoms with Gasteiger partial charge < -0.3 is 14.9 Å². The summed E-state index contributed by atoms with van der Waals surface area (Å²) in [5.41, 5.74) is -1.01. The van der Waals surface area contributed by atoms with Crippen LogP contribution in [-0.4, -0.2) is 95.5 Å². The quantitative estimate of drug-likeness (QED) is 0.539. The molecule has 214 valence electrons. The standard InChI is InChI=1S/C25H29F3N8O4/c26-25(27,28)18-13-17(36-8-5-21(37)30-24(36)40)14-29-22(18)35-11-9-33(10-12-35)15-16-3-6-34(7-4-16)20-2-1-19(23(38)39)31-32-20/h1-2,13-14,16H,3-12,15H2,(H,38,39)(H,30,37,40). The lowest BCUT2D eigenvalue weighted by Crippen LogP contribution is -2.50. The average Bonchev–Trinajstić information content (AvgIpc) is 2.93. The second kappa shape index (κ2) is 11.2. The summed E-state index contributed by atoms with van der Waals surface area (Å²) in [7, 11) is 0. The number of carbonyl (C=O) groups excluding carboxylic acids is 2. The van der Waals surface area contributed by atoms with E-state index < -0.39 is 29.6 Å². The predicted octanol–water partition coefficient (Wildman–Crippen LogP) is 2.07. The molecule has 0 radical (unpaired) electrons. The number of nitrogens with one attached hydrogen (secondary N) is 1. The fourth-order valence-electron chi connectivity index (χ4n) is 5.33. The van der Waals surface area contributed by atoms with Crippen LogP contribution in [0.25, 0.3) is 0 Å². The number of imide groups is 1. The lowest BCUT2D eigenvalue weighted by molar-refractivity contribution is -0.137. The first-order chi connectivity index (χ1) is 19.1. The number of alkyl halides is 3. The van der Waals surface area contributed by atoms with E-state index in [1.165, 1.54) is 12.3 Å². The van der Waals surface area contributed by atoms with Crippen LogP contribution >= 0.6 is 0 Å². The molecule has 0 aliphatic carbocycles. The number of piperazine rings is 1. The molecule has 3 aliphatic rings. The van der Waals surface area contributed by atoms with Gasteiger partial charge >= 0.3 is 18.2 Å². The Kier molecular flexibility index (Phi) is 7.74. The zero-order valence-corrected chi connectivity index (χ0v) is 21.6. The summed E-state index contributed by atoms with van der Waals surface area (Å²) in [6.07, 6.45) is -1.58. The molecule has 5 rings (SSSR count). The highest BCUT2D eigenvalue weighted by molar-refractivity contribution is 6.05. The Morgan fingerprint density at radius 2 is 1.73 bits per heavy atom. The number of pyridine rings is 1. The van der Waals surface area contributed by atoms with Crippen LogP contribution in [0.4, 0.5) is 35.3 Å². The molecule has 40 heavy (non-hydrogen) atoms. The first kappa shape index (κ1) is 27.6. The summed E-state index contributed by atoms with van der Waals surface area (Å²) in [4.78, 5) is 45.7. The number of carbonyl (C=O) groups is 3. The lowest BCUT2D eigenvalue weighted by atomic mass is 9.96. The van der Waals surface area contributed by atoms with E-state index >= 15 is 0 Å². The van der Waals surface area contributed by atoms with Crippen LogP contribution in [-0.2, 0) is 11.0 Å². The summed E-state index contributed by atoms with van der Waals surface area (Å²) < 4.78 is 42.0. The monoisotopic (exact) mass is 562 g/mol. The molecule has 3 aliphatic heterocycles. The Hall–Kier alpha value is -4.01. The van der Waals surface area contributed by atoms with Crippen molar-refractivity contribution in [3.05, 3.63) is 35.7 Å². The van der Waals surface area contributed by atoms with Gasteiger partial charge in [-0.15, -0.1) is 10.2 Å². The van der Waals surface area contributed by atoms with Crippen LogP contribution in [0.15, 0.2) is 24.4 Å². The van der Waals surface area contributed by atoms with E-state index in [4.69, 9.17) is 5.11 Å². The summed E-state index contributed by atoms with van der Waals surface area (Å²) in [5.74, 6) is -0.671. The minimum Gasteiger partial charge on any atom is -0.476 e. The van der Waals surface area contributed by atoms with E-state index in [0.717, 1.165) is 43.4 Å². The number of carboxylic acids is 1. The largest absolute Gasteiger partial charge is 0.476 e. The average molecular weight is 563 g/mol. The van der Waals surface area contributed by atoms with Crippen molar-refractivity contribution in [1.29, 1.82) is 0 Å². The van der Waals surface area contributed by atoms with Crippen molar-refractivity contribution in [2.75, 3.05) is 67.1 Å². The highest BCUT2D eigenvalue weighted by atomic mass is 19.4. The van der Waals surface area contributed by atoms with Gasteiger partial charge in [0.25, 0.3) is 0 Å². The van der Waals surface area contributed by atoms with Gasteiger partial charge in [-0.25, -0.2) is 14.6 Å². The number of aromatic nitrogens is 3. The Balaban J connectivity index is 1.16. The molecule has 0 bridgehead atoms. The van der Waals surface area contributed by atoms with Crippen LogP contribution in [0.3, 0.4) is 0 Å². The number of amides is 3. The third kappa shape index (κ3) is 6.08. The molecular formula is C25H29F3N8O4. The first-order valence-corrected chi connectivity index (χ1v) is 13.1. The van der Waals surface area contributed by atoms with Gasteiger partial charge in [-0.2, -0.15) is 13.2 Å². The molecule has 0 atom stereocenters. The van der Waals surface area contributed by atoms with Crippen molar-refractivity contribution in [2.45, 2.75) is 25.4 Å². The van der Waals surface area contributed by atoms with Gasteiger partial charge in [-0.1, -0.05) is 0 Å². The van der Waals surface area contributed by atoms with Crippen LogP contribution in [0.1, 0.15) is 35.3 Å². The van der Waals surface area contributed by atoms with Gasteiger partial charge in [0.1, 0.15) is 11.4 Å². The number of hydrogen-bond acceptors (Lipinski definition) is 9. The van der Waals surface area contributed by atoms with Gasteiger partial charge in [-0.05, 0) is 37.0 Å². The summed E-state index contributed by atoms with van der Waals surface area (Å²) in [6, 6.07) is 3.27. The molecule has 3 fully saturated rings. The number of rotatable bonds is 6. The van der Waals surface area contributed by atoms with E-state index in [2.05, 4.69) is 30.3 Å². The van der Waals surface area contributed by atoms with E-state index in [1.807, 2.05) is 0 Å². The number of piperidine rings is 1. The molecule has 3 saturated heterocycles. The molecular weight excluding hydrogens is 533 g/mol. The second-order valence-electron chi connectivity index (χ2n) is 10.1. The minimum absolute atomic E-state index is 0.00378. The third-order valence-electron chi connectivity index (χ3n) is 7.52. The number of nitrogens with zero attached hydrogens (tertiary/aromatic N) is 7. The molecule has 0 aromatic carbocycles. The van der Waals surface area contributed by atoms with Crippen molar-refractivity contribution in [3.8, 4) is 0 Å². The van der Waals surface area contributed by atoms with Crippen LogP contribution in [0.5, 0.6) is 0 Å². The molecule has 3 amide bonds. The highest BCUT2D eigenvalue weighted by Crippen LogP contribution is 2.38. The summed E-state index contributed by atoms with van der Waals surface area (Å²) in [5, 5.41) is 18.9.